The molecule has 1 aliphatic rings. The van der Waals surface area contributed by atoms with Crippen LogP contribution in [0.15, 0.2) is 18.2 Å². The number of benzene rings is 1. The number of amides is 1. The second-order valence-electron chi connectivity index (χ2n) is 5.37. The van der Waals surface area contributed by atoms with Crippen molar-refractivity contribution in [3.63, 3.8) is 0 Å². The maximum Gasteiger partial charge on any atom is 0.254 e. The van der Waals surface area contributed by atoms with Gasteiger partial charge in [0, 0.05) is 17.6 Å². The minimum Gasteiger partial charge on any atom is -0.508 e. The number of nitrogens with zero attached hydrogens (tertiary/aromatic N) is 1. The molecule has 17 heavy (non-hydrogen) atoms. The van der Waals surface area contributed by atoms with Gasteiger partial charge in [-0.1, -0.05) is 0 Å². The minimum absolute atomic E-state index is 0.0527. The Bertz CT molecular complexity index is 452. The Labute approximate surface area is 102 Å². The average molecular weight is 233 g/mol. The summed E-state index contributed by atoms with van der Waals surface area (Å²) >= 11 is 0. The second-order valence-corrected chi connectivity index (χ2v) is 5.37. The lowest BCUT2D eigenvalue weighted by atomic mass is 10.0. The van der Waals surface area contributed by atoms with E-state index in [9.17, 15) is 9.90 Å². The van der Waals surface area contributed by atoms with Crippen molar-refractivity contribution < 1.29 is 9.90 Å². The topological polar surface area (TPSA) is 40.5 Å². The van der Waals surface area contributed by atoms with E-state index >= 15 is 0 Å². The Kier molecular flexibility index (Phi) is 2.86. The molecule has 0 spiro atoms. The number of carbonyl (C=O) groups is 1. The van der Waals surface area contributed by atoms with Gasteiger partial charge in [0.15, 0.2) is 0 Å². The Morgan fingerprint density at radius 3 is 2.65 bits per heavy atom. The normalized spacial score (nSPS) is 18.4. The molecule has 3 heteroatoms. The van der Waals surface area contributed by atoms with Crippen LogP contribution in [0.1, 0.15) is 42.6 Å². The molecule has 0 unspecified atom stereocenters. The SMILES string of the molecule is Cc1cc(C(=O)N2CCCC2(C)C)ccc1O. The number of carbonyl (C=O) groups excluding carboxylic acids is 1. The highest BCUT2D eigenvalue weighted by Crippen LogP contribution is 2.30. The van der Waals surface area contributed by atoms with Gasteiger partial charge in [0.2, 0.25) is 0 Å². The first-order valence-corrected chi connectivity index (χ1v) is 6.03. The maximum atomic E-state index is 12.4. The molecule has 1 aromatic rings. The number of phenolic OH excluding ortho intramolecular Hbond substituents is 1. The highest BCUT2D eigenvalue weighted by molar-refractivity contribution is 5.95. The van der Waals surface area contributed by atoms with E-state index in [2.05, 4.69) is 13.8 Å². The second kappa shape index (κ2) is 4.06. The fourth-order valence-corrected chi connectivity index (χ4v) is 2.43. The Morgan fingerprint density at radius 2 is 2.12 bits per heavy atom. The van der Waals surface area contributed by atoms with Gasteiger partial charge in [-0.15, -0.1) is 0 Å². The molecule has 0 atom stereocenters. The zero-order valence-electron chi connectivity index (χ0n) is 10.7. The van der Waals surface area contributed by atoms with E-state index in [1.807, 2.05) is 4.90 Å². The van der Waals surface area contributed by atoms with Gasteiger partial charge in [0.25, 0.3) is 5.91 Å². The van der Waals surface area contributed by atoms with Crippen LogP contribution in [0, 0.1) is 6.92 Å². The number of hydrogen-bond acceptors (Lipinski definition) is 2. The molecule has 1 fully saturated rings. The van der Waals surface area contributed by atoms with Gasteiger partial charge in [-0.3, -0.25) is 4.79 Å². The Morgan fingerprint density at radius 1 is 1.41 bits per heavy atom. The molecule has 2 rings (SSSR count). The molecule has 92 valence electrons. The van der Waals surface area contributed by atoms with Crippen molar-refractivity contribution in [1.82, 2.24) is 4.90 Å². The van der Waals surface area contributed by atoms with E-state index in [0.717, 1.165) is 24.9 Å². The van der Waals surface area contributed by atoms with Crippen molar-refractivity contribution in [2.75, 3.05) is 6.54 Å². The number of hydrogen-bond donors (Lipinski definition) is 1. The van der Waals surface area contributed by atoms with Gasteiger partial charge in [-0.05, 0) is 57.4 Å². The van der Waals surface area contributed by atoms with Crippen LogP contribution in [0.5, 0.6) is 5.75 Å². The van der Waals surface area contributed by atoms with Crippen LogP contribution in [0.25, 0.3) is 0 Å². The minimum atomic E-state index is -0.0527. The molecule has 3 nitrogen and oxygen atoms in total. The summed E-state index contributed by atoms with van der Waals surface area (Å²) in [5, 5.41) is 9.47. The smallest absolute Gasteiger partial charge is 0.254 e. The van der Waals surface area contributed by atoms with Gasteiger partial charge in [0.05, 0.1) is 0 Å². The molecule has 1 aromatic carbocycles. The van der Waals surface area contributed by atoms with Crippen molar-refractivity contribution in [1.29, 1.82) is 0 Å². The number of phenols is 1. The van der Waals surface area contributed by atoms with Crippen molar-refractivity contribution in [2.24, 2.45) is 0 Å². The van der Waals surface area contributed by atoms with Gasteiger partial charge in [-0.2, -0.15) is 0 Å². The third-order valence-corrected chi connectivity index (χ3v) is 3.59. The molecule has 0 aliphatic carbocycles. The van der Waals surface area contributed by atoms with Gasteiger partial charge in [-0.25, -0.2) is 0 Å². The molecular formula is C14H19NO2. The predicted molar refractivity (Wildman–Crippen MR) is 67.2 cm³/mol. The maximum absolute atomic E-state index is 12.4. The van der Waals surface area contributed by atoms with Crippen LogP contribution in [-0.4, -0.2) is 28.0 Å². The first kappa shape index (κ1) is 12.0. The Hall–Kier alpha value is -1.51. The van der Waals surface area contributed by atoms with Crippen LogP contribution in [0.4, 0.5) is 0 Å². The fourth-order valence-electron chi connectivity index (χ4n) is 2.43. The molecule has 1 saturated heterocycles. The third-order valence-electron chi connectivity index (χ3n) is 3.59. The van der Waals surface area contributed by atoms with Crippen LogP contribution in [0.3, 0.4) is 0 Å². The van der Waals surface area contributed by atoms with Gasteiger partial charge < -0.3 is 10.0 Å². The average Bonchev–Trinajstić information content (AvgIpc) is 2.61. The van der Waals surface area contributed by atoms with Crippen molar-refractivity contribution >= 4 is 5.91 Å². The molecule has 0 saturated carbocycles. The standard InChI is InChI=1S/C14H19NO2/c1-10-9-11(5-6-12(10)16)13(17)15-8-4-7-14(15,2)3/h5-6,9,16H,4,7-8H2,1-3H3. The number of aryl methyl sites for hydroxylation is 1. The van der Waals surface area contributed by atoms with Crippen LogP contribution < -0.4 is 0 Å². The van der Waals surface area contributed by atoms with E-state index in [1.54, 1.807) is 25.1 Å². The number of aromatic hydroxyl groups is 1. The molecule has 1 heterocycles. The van der Waals surface area contributed by atoms with E-state index in [0.29, 0.717) is 5.56 Å². The summed E-state index contributed by atoms with van der Waals surface area (Å²) in [7, 11) is 0. The summed E-state index contributed by atoms with van der Waals surface area (Å²) in [5.74, 6) is 0.304. The lowest BCUT2D eigenvalue weighted by Gasteiger charge is -2.31. The molecule has 1 aliphatic heterocycles. The van der Waals surface area contributed by atoms with E-state index in [4.69, 9.17) is 0 Å². The molecular weight excluding hydrogens is 214 g/mol. The monoisotopic (exact) mass is 233 g/mol. The zero-order chi connectivity index (χ0) is 12.6. The van der Waals surface area contributed by atoms with Crippen LogP contribution in [-0.2, 0) is 0 Å². The third kappa shape index (κ3) is 2.14. The molecule has 0 bridgehead atoms. The highest BCUT2D eigenvalue weighted by atomic mass is 16.3. The molecule has 0 aromatic heterocycles. The first-order valence-electron chi connectivity index (χ1n) is 6.03. The van der Waals surface area contributed by atoms with E-state index in [1.165, 1.54) is 0 Å². The van der Waals surface area contributed by atoms with Gasteiger partial charge >= 0.3 is 0 Å². The largest absolute Gasteiger partial charge is 0.508 e. The predicted octanol–water partition coefficient (Wildman–Crippen LogP) is 2.72. The molecule has 1 amide bonds. The van der Waals surface area contributed by atoms with Crippen molar-refractivity contribution in [2.45, 2.75) is 39.2 Å². The van der Waals surface area contributed by atoms with Crippen molar-refractivity contribution in [3.05, 3.63) is 29.3 Å². The van der Waals surface area contributed by atoms with Crippen molar-refractivity contribution in [3.8, 4) is 5.75 Å². The Balaban J connectivity index is 2.28. The summed E-state index contributed by atoms with van der Waals surface area (Å²) in [6.07, 6.45) is 2.12. The summed E-state index contributed by atoms with van der Waals surface area (Å²) in [4.78, 5) is 14.3. The lowest BCUT2D eigenvalue weighted by molar-refractivity contribution is 0.0652. The highest BCUT2D eigenvalue weighted by Gasteiger charge is 2.35. The summed E-state index contributed by atoms with van der Waals surface area (Å²) in [5.41, 5.74) is 1.35. The van der Waals surface area contributed by atoms with E-state index < -0.39 is 0 Å². The fraction of sp³-hybridized carbons (Fsp3) is 0.500. The summed E-state index contributed by atoms with van der Waals surface area (Å²) < 4.78 is 0. The first-order chi connectivity index (χ1) is 7.92. The zero-order valence-corrected chi connectivity index (χ0v) is 10.7. The number of likely N-dealkylation sites (tertiary alicyclic amines) is 1. The van der Waals surface area contributed by atoms with Gasteiger partial charge in [0.1, 0.15) is 5.75 Å². The summed E-state index contributed by atoms with van der Waals surface area (Å²) in [6.45, 7) is 6.84. The lowest BCUT2D eigenvalue weighted by Crippen LogP contribution is -2.42. The van der Waals surface area contributed by atoms with Crippen LogP contribution >= 0.6 is 0 Å². The summed E-state index contributed by atoms with van der Waals surface area (Å²) in [6, 6.07) is 5.04. The molecule has 0 radical (unpaired) electrons. The quantitative estimate of drug-likeness (QED) is 0.810. The molecule has 1 N–H and O–H groups in total. The number of rotatable bonds is 1. The van der Waals surface area contributed by atoms with E-state index in [-0.39, 0.29) is 17.2 Å². The van der Waals surface area contributed by atoms with Crippen LogP contribution in [0.2, 0.25) is 0 Å².